The lowest BCUT2D eigenvalue weighted by molar-refractivity contribution is -0.00477. The molecule has 0 saturated heterocycles. The van der Waals surface area contributed by atoms with Crippen LogP contribution in [0.4, 0.5) is 8.78 Å². The van der Waals surface area contributed by atoms with Crippen molar-refractivity contribution in [3.05, 3.63) is 35.9 Å². The monoisotopic (exact) mass is 241 g/mol. The highest BCUT2D eigenvalue weighted by Crippen LogP contribution is 2.44. The van der Waals surface area contributed by atoms with Crippen molar-refractivity contribution in [1.29, 1.82) is 0 Å². The molecule has 0 bridgehead atoms. The van der Waals surface area contributed by atoms with E-state index in [-0.39, 0.29) is 24.1 Å². The Morgan fingerprint density at radius 3 is 2.41 bits per heavy atom. The lowest BCUT2D eigenvalue weighted by Gasteiger charge is -2.19. The van der Waals surface area contributed by atoms with Crippen molar-refractivity contribution in [1.82, 2.24) is 5.32 Å². The van der Waals surface area contributed by atoms with Gasteiger partial charge in [0, 0.05) is 24.1 Å². The molecule has 0 spiro atoms. The quantitative estimate of drug-likeness (QED) is 0.799. The number of hydrogen-bond donors (Lipinski definition) is 2. The number of alkyl halides is 2. The van der Waals surface area contributed by atoms with Crippen LogP contribution in [-0.2, 0) is 5.92 Å². The molecule has 0 atom stereocenters. The standard InChI is InChI=1S/C13H17F2NO/c14-13(15,11-4-2-1-3-5-11)9-16-8-12(10-17)6-7-12/h1-5,16-17H,6-10H2. The number of halogens is 2. The van der Waals surface area contributed by atoms with Gasteiger partial charge in [0.2, 0.25) is 0 Å². The smallest absolute Gasteiger partial charge is 0.285 e. The second-order valence-electron chi connectivity index (χ2n) is 4.83. The van der Waals surface area contributed by atoms with E-state index < -0.39 is 5.92 Å². The normalized spacial score (nSPS) is 18.1. The lowest BCUT2D eigenvalue weighted by atomic mass is 10.1. The molecule has 1 fully saturated rings. The Morgan fingerprint density at radius 1 is 1.24 bits per heavy atom. The van der Waals surface area contributed by atoms with Crippen molar-refractivity contribution in [3.8, 4) is 0 Å². The van der Waals surface area contributed by atoms with Crippen LogP contribution in [0.5, 0.6) is 0 Å². The van der Waals surface area contributed by atoms with Gasteiger partial charge in [-0.15, -0.1) is 0 Å². The summed E-state index contributed by atoms with van der Waals surface area (Å²) in [6.45, 7) is 0.168. The Hall–Kier alpha value is -1.00. The van der Waals surface area contributed by atoms with Crippen LogP contribution in [0.25, 0.3) is 0 Å². The van der Waals surface area contributed by atoms with Gasteiger partial charge in [-0.25, -0.2) is 0 Å². The molecule has 0 aliphatic heterocycles. The van der Waals surface area contributed by atoms with E-state index in [1.807, 2.05) is 0 Å². The zero-order valence-electron chi connectivity index (χ0n) is 9.63. The zero-order valence-corrected chi connectivity index (χ0v) is 9.63. The zero-order chi connectivity index (χ0) is 12.4. The van der Waals surface area contributed by atoms with Crippen molar-refractivity contribution in [2.45, 2.75) is 18.8 Å². The second-order valence-corrected chi connectivity index (χ2v) is 4.83. The van der Waals surface area contributed by atoms with E-state index in [0.29, 0.717) is 6.54 Å². The van der Waals surface area contributed by atoms with Gasteiger partial charge in [0.1, 0.15) is 0 Å². The Kier molecular flexibility index (Phi) is 3.45. The summed E-state index contributed by atoms with van der Waals surface area (Å²) in [7, 11) is 0. The van der Waals surface area contributed by atoms with Crippen LogP contribution < -0.4 is 5.32 Å². The van der Waals surface area contributed by atoms with Gasteiger partial charge in [0.25, 0.3) is 5.92 Å². The molecule has 4 heteroatoms. The number of aliphatic hydroxyl groups excluding tert-OH is 1. The third-order valence-electron chi connectivity index (χ3n) is 3.34. The van der Waals surface area contributed by atoms with Crippen molar-refractivity contribution in [2.75, 3.05) is 19.7 Å². The Labute approximate surface area is 99.7 Å². The lowest BCUT2D eigenvalue weighted by Crippen LogP contribution is -2.35. The Balaban J connectivity index is 1.85. The van der Waals surface area contributed by atoms with Crippen LogP contribution in [0.3, 0.4) is 0 Å². The second kappa shape index (κ2) is 4.70. The molecule has 2 N–H and O–H groups in total. The van der Waals surface area contributed by atoms with Crippen molar-refractivity contribution < 1.29 is 13.9 Å². The minimum atomic E-state index is -2.85. The van der Waals surface area contributed by atoms with E-state index in [1.54, 1.807) is 18.2 Å². The third-order valence-corrected chi connectivity index (χ3v) is 3.34. The number of rotatable bonds is 6. The van der Waals surface area contributed by atoms with Crippen LogP contribution in [0, 0.1) is 5.41 Å². The highest BCUT2D eigenvalue weighted by Gasteiger charge is 2.42. The molecule has 0 heterocycles. The number of aliphatic hydroxyl groups is 1. The fourth-order valence-corrected chi connectivity index (χ4v) is 1.84. The maximum absolute atomic E-state index is 13.7. The maximum Gasteiger partial charge on any atom is 0.285 e. The number of nitrogens with one attached hydrogen (secondary N) is 1. The van der Waals surface area contributed by atoms with Gasteiger partial charge in [0.05, 0.1) is 6.54 Å². The van der Waals surface area contributed by atoms with Gasteiger partial charge in [-0.1, -0.05) is 30.3 Å². The van der Waals surface area contributed by atoms with E-state index >= 15 is 0 Å². The maximum atomic E-state index is 13.7. The molecule has 1 saturated carbocycles. The molecule has 94 valence electrons. The average Bonchev–Trinajstić information content (AvgIpc) is 3.11. The molecule has 0 unspecified atom stereocenters. The van der Waals surface area contributed by atoms with E-state index in [4.69, 9.17) is 5.11 Å². The third kappa shape index (κ3) is 3.01. The van der Waals surface area contributed by atoms with Crippen molar-refractivity contribution in [3.63, 3.8) is 0 Å². The summed E-state index contributed by atoms with van der Waals surface area (Å²) in [5.74, 6) is -2.85. The summed E-state index contributed by atoms with van der Waals surface area (Å²) >= 11 is 0. The topological polar surface area (TPSA) is 32.3 Å². The minimum Gasteiger partial charge on any atom is -0.396 e. The molecule has 2 rings (SSSR count). The highest BCUT2D eigenvalue weighted by molar-refractivity contribution is 5.20. The fraction of sp³-hybridized carbons (Fsp3) is 0.538. The largest absolute Gasteiger partial charge is 0.396 e. The van der Waals surface area contributed by atoms with Gasteiger partial charge in [-0.3, -0.25) is 0 Å². The molecule has 1 aromatic rings. The van der Waals surface area contributed by atoms with Gasteiger partial charge >= 0.3 is 0 Å². The average molecular weight is 241 g/mol. The predicted octanol–water partition coefficient (Wildman–Crippen LogP) is 2.14. The summed E-state index contributed by atoms with van der Waals surface area (Å²) in [5.41, 5.74) is -0.103. The molecular weight excluding hydrogens is 224 g/mol. The first-order chi connectivity index (χ1) is 8.08. The predicted molar refractivity (Wildman–Crippen MR) is 62.0 cm³/mol. The first kappa shape index (κ1) is 12.5. The van der Waals surface area contributed by atoms with Crippen LogP contribution in [-0.4, -0.2) is 24.8 Å². The summed E-state index contributed by atoms with van der Waals surface area (Å²) in [5, 5.41) is 11.8. The van der Waals surface area contributed by atoms with Crippen LogP contribution in [0.2, 0.25) is 0 Å². The molecule has 1 aliphatic carbocycles. The molecule has 1 aliphatic rings. The molecule has 1 aromatic carbocycles. The highest BCUT2D eigenvalue weighted by atomic mass is 19.3. The Morgan fingerprint density at radius 2 is 1.88 bits per heavy atom. The summed E-state index contributed by atoms with van der Waals surface area (Å²) in [6, 6.07) is 7.80. The Bertz CT molecular complexity index is 363. The van der Waals surface area contributed by atoms with Gasteiger partial charge < -0.3 is 10.4 Å². The fourth-order valence-electron chi connectivity index (χ4n) is 1.84. The van der Waals surface area contributed by atoms with E-state index in [1.165, 1.54) is 12.1 Å². The summed E-state index contributed by atoms with van der Waals surface area (Å²) in [6.07, 6.45) is 1.85. The van der Waals surface area contributed by atoms with Gasteiger partial charge in [-0.2, -0.15) is 8.78 Å². The van der Waals surface area contributed by atoms with Crippen LogP contribution in [0.1, 0.15) is 18.4 Å². The van der Waals surface area contributed by atoms with Crippen molar-refractivity contribution >= 4 is 0 Å². The summed E-state index contributed by atoms with van der Waals surface area (Å²) < 4.78 is 27.5. The van der Waals surface area contributed by atoms with Crippen molar-refractivity contribution in [2.24, 2.45) is 5.41 Å². The minimum absolute atomic E-state index is 0.0290. The first-order valence-electron chi connectivity index (χ1n) is 5.83. The molecule has 17 heavy (non-hydrogen) atoms. The molecule has 0 amide bonds. The van der Waals surface area contributed by atoms with Crippen LogP contribution in [0.15, 0.2) is 30.3 Å². The van der Waals surface area contributed by atoms with E-state index in [2.05, 4.69) is 5.32 Å². The van der Waals surface area contributed by atoms with E-state index in [0.717, 1.165) is 12.8 Å². The number of hydrogen-bond acceptors (Lipinski definition) is 2. The van der Waals surface area contributed by atoms with E-state index in [9.17, 15) is 8.78 Å². The summed E-state index contributed by atoms with van der Waals surface area (Å²) in [4.78, 5) is 0. The SMILES string of the molecule is OCC1(CNCC(F)(F)c2ccccc2)CC1. The first-order valence-corrected chi connectivity index (χ1v) is 5.83. The molecule has 2 nitrogen and oxygen atoms in total. The van der Waals surface area contributed by atoms with Gasteiger partial charge in [-0.05, 0) is 12.8 Å². The molecule has 0 radical (unpaired) electrons. The van der Waals surface area contributed by atoms with Gasteiger partial charge in [0.15, 0.2) is 0 Å². The number of benzene rings is 1. The molecule has 0 aromatic heterocycles. The molecular formula is C13H17F2NO. The van der Waals surface area contributed by atoms with Crippen LogP contribution >= 0.6 is 0 Å².